The van der Waals surface area contributed by atoms with Gasteiger partial charge in [0.1, 0.15) is 17.7 Å². The molecular weight excluding hydrogens is 342 g/mol. The monoisotopic (exact) mass is 357 g/mol. The van der Waals surface area contributed by atoms with Crippen molar-refractivity contribution < 1.29 is 4.92 Å². The maximum atomic E-state index is 10.9. The lowest BCUT2D eigenvalue weighted by atomic mass is 10.1. The van der Waals surface area contributed by atoms with Crippen LogP contribution >= 0.6 is 11.3 Å². The van der Waals surface area contributed by atoms with Gasteiger partial charge in [0.05, 0.1) is 22.2 Å². The van der Waals surface area contributed by atoms with Crippen molar-refractivity contribution >= 4 is 33.0 Å². The Bertz CT molecular complexity index is 1120. The summed E-state index contributed by atoms with van der Waals surface area (Å²) < 4.78 is 3.20. The smallest absolute Gasteiger partial charge is 0.358 e. The highest BCUT2D eigenvalue weighted by molar-refractivity contribution is 7.18. The van der Waals surface area contributed by atoms with Gasteiger partial charge in [-0.3, -0.25) is 0 Å². The van der Waals surface area contributed by atoms with Crippen molar-refractivity contribution in [3.63, 3.8) is 0 Å². The van der Waals surface area contributed by atoms with Crippen molar-refractivity contribution in [2.75, 3.05) is 0 Å². The Morgan fingerprint density at radius 1 is 1.32 bits per heavy atom. The van der Waals surface area contributed by atoms with Gasteiger partial charge < -0.3 is 10.1 Å². The molecule has 0 fully saturated rings. The summed E-state index contributed by atoms with van der Waals surface area (Å²) >= 11 is 1.66. The standard InChI is InChI=1S/C15H15N7O2S/c1-4-10-9(3)25-15-13(10)14-17-11(18-21(14)7-16-15)6-20-8(2)5-12(19-20)22(23)24/h5,7H,4,6H2,1-3H3. The van der Waals surface area contributed by atoms with E-state index in [1.54, 1.807) is 29.1 Å². The first-order valence-corrected chi connectivity index (χ1v) is 8.60. The quantitative estimate of drug-likeness (QED) is 0.411. The van der Waals surface area contributed by atoms with Crippen molar-refractivity contribution in [1.82, 2.24) is 29.4 Å². The molecular formula is C15H15N7O2S. The molecule has 4 rings (SSSR count). The van der Waals surface area contributed by atoms with E-state index in [4.69, 9.17) is 0 Å². The van der Waals surface area contributed by atoms with Gasteiger partial charge >= 0.3 is 5.82 Å². The summed E-state index contributed by atoms with van der Waals surface area (Å²) in [5.41, 5.74) is 2.69. The summed E-state index contributed by atoms with van der Waals surface area (Å²) in [5, 5.41) is 20.3. The molecule has 4 aromatic rings. The summed E-state index contributed by atoms with van der Waals surface area (Å²) in [6.07, 6.45) is 2.56. The molecule has 0 saturated heterocycles. The van der Waals surface area contributed by atoms with Crippen molar-refractivity contribution in [3.05, 3.63) is 44.5 Å². The first-order chi connectivity index (χ1) is 12.0. The van der Waals surface area contributed by atoms with Crippen LogP contribution in [0.1, 0.15) is 28.9 Å². The Balaban J connectivity index is 1.81. The van der Waals surface area contributed by atoms with Crippen molar-refractivity contribution in [2.24, 2.45) is 0 Å². The number of aryl methyl sites for hydroxylation is 3. The molecule has 0 saturated carbocycles. The Labute approximate surface area is 146 Å². The zero-order valence-corrected chi connectivity index (χ0v) is 14.7. The molecule has 0 aliphatic carbocycles. The molecule has 0 radical (unpaired) electrons. The number of rotatable bonds is 4. The molecule has 9 nitrogen and oxygen atoms in total. The molecule has 4 aromatic heterocycles. The van der Waals surface area contributed by atoms with E-state index < -0.39 is 4.92 Å². The van der Waals surface area contributed by atoms with E-state index in [1.807, 2.05) is 0 Å². The maximum absolute atomic E-state index is 10.9. The van der Waals surface area contributed by atoms with Crippen LogP contribution in [0.5, 0.6) is 0 Å². The van der Waals surface area contributed by atoms with Gasteiger partial charge in [0, 0.05) is 4.88 Å². The molecule has 0 N–H and O–H groups in total. The molecule has 0 atom stereocenters. The number of aromatic nitrogens is 6. The van der Waals surface area contributed by atoms with E-state index in [0.717, 1.165) is 22.3 Å². The average molecular weight is 357 g/mol. The van der Waals surface area contributed by atoms with Crippen LogP contribution in [0, 0.1) is 24.0 Å². The van der Waals surface area contributed by atoms with Crippen molar-refractivity contribution in [2.45, 2.75) is 33.7 Å². The van der Waals surface area contributed by atoms with Crippen LogP contribution in [0.3, 0.4) is 0 Å². The van der Waals surface area contributed by atoms with E-state index in [2.05, 4.69) is 34.0 Å². The summed E-state index contributed by atoms with van der Waals surface area (Å²) in [6.45, 7) is 6.24. The van der Waals surface area contributed by atoms with Crippen molar-refractivity contribution in [3.8, 4) is 0 Å². The minimum atomic E-state index is -0.504. The normalized spacial score (nSPS) is 11.6. The fourth-order valence-electron chi connectivity index (χ4n) is 2.98. The zero-order valence-electron chi connectivity index (χ0n) is 13.9. The second kappa shape index (κ2) is 5.59. The lowest BCUT2D eigenvalue weighted by Crippen LogP contribution is -2.06. The van der Waals surface area contributed by atoms with Gasteiger partial charge in [-0.05, 0) is 30.8 Å². The molecule has 10 heteroatoms. The van der Waals surface area contributed by atoms with Crippen LogP contribution in [0.25, 0.3) is 15.9 Å². The molecule has 128 valence electrons. The van der Waals surface area contributed by atoms with E-state index in [-0.39, 0.29) is 12.4 Å². The van der Waals surface area contributed by atoms with Gasteiger partial charge in [0.25, 0.3) is 0 Å². The third-order valence-corrected chi connectivity index (χ3v) is 5.23. The number of nitrogens with zero attached hydrogens (tertiary/aromatic N) is 7. The predicted octanol–water partition coefficient (Wildman–Crippen LogP) is 2.67. The second-order valence-electron chi connectivity index (χ2n) is 5.77. The third-order valence-electron chi connectivity index (χ3n) is 4.17. The highest BCUT2D eigenvalue weighted by atomic mass is 32.1. The van der Waals surface area contributed by atoms with E-state index in [9.17, 15) is 10.1 Å². The van der Waals surface area contributed by atoms with Gasteiger partial charge in [-0.1, -0.05) is 6.92 Å². The zero-order chi connectivity index (χ0) is 17.7. The average Bonchev–Trinajstić information content (AvgIpc) is 3.22. The van der Waals surface area contributed by atoms with Crippen LogP contribution in [-0.2, 0) is 13.0 Å². The molecule has 4 heterocycles. The lowest BCUT2D eigenvalue weighted by molar-refractivity contribution is -0.389. The fourth-order valence-corrected chi connectivity index (χ4v) is 4.05. The Kier molecular flexibility index (Phi) is 3.49. The minimum absolute atomic E-state index is 0.174. The van der Waals surface area contributed by atoms with Crippen LogP contribution < -0.4 is 0 Å². The second-order valence-corrected chi connectivity index (χ2v) is 6.97. The molecule has 0 aliphatic heterocycles. The summed E-state index contributed by atoms with van der Waals surface area (Å²) in [4.78, 5) is 21.7. The number of fused-ring (bicyclic) bond motifs is 3. The maximum Gasteiger partial charge on any atom is 0.390 e. The van der Waals surface area contributed by atoms with Crippen LogP contribution in [0.2, 0.25) is 0 Å². The molecule has 0 aliphatic rings. The van der Waals surface area contributed by atoms with Crippen LogP contribution in [0.15, 0.2) is 12.4 Å². The number of nitro groups is 1. The van der Waals surface area contributed by atoms with Gasteiger partial charge in [0.2, 0.25) is 0 Å². The Morgan fingerprint density at radius 3 is 2.80 bits per heavy atom. The summed E-state index contributed by atoms with van der Waals surface area (Å²) in [6, 6.07) is 1.44. The van der Waals surface area contributed by atoms with Crippen LogP contribution in [-0.4, -0.2) is 34.3 Å². The van der Waals surface area contributed by atoms with Gasteiger partial charge in [-0.2, -0.15) is 4.68 Å². The first-order valence-electron chi connectivity index (χ1n) is 7.79. The minimum Gasteiger partial charge on any atom is -0.358 e. The Hall–Kier alpha value is -2.88. The molecule has 0 bridgehead atoms. The topological polar surface area (TPSA) is 104 Å². The Morgan fingerprint density at radius 2 is 2.12 bits per heavy atom. The van der Waals surface area contributed by atoms with Gasteiger partial charge in [-0.15, -0.1) is 16.4 Å². The molecule has 0 unspecified atom stereocenters. The SMILES string of the molecule is CCc1c(C)sc2ncn3nc(Cn4nc([N+](=O)[O-])cc4C)nc3c12. The summed E-state index contributed by atoms with van der Waals surface area (Å²) in [5.74, 6) is 0.369. The first kappa shape index (κ1) is 15.6. The highest BCUT2D eigenvalue weighted by Gasteiger charge is 2.19. The van der Waals surface area contributed by atoms with Crippen molar-refractivity contribution in [1.29, 1.82) is 0 Å². The van der Waals surface area contributed by atoms with E-state index in [1.165, 1.54) is 21.2 Å². The number of thiophene rings is 1. The van der Waals surface area contributed by atoms with Crippen LogP contribution in [0.4, 0.5) is 5.82 Å². The van der Waals surface area contributed by atoms with Gasteiger partial charge in [0.15, 0.2) is 11.5 Å². The largest absolute Gasteiger partial charge is 0.390 e. The van der Waals surface area contributed by atoms with Gasteiger partial charge in [-0.25, -0.2) is 14.5 Å². The van der Waals surface area contributed by atoms with E-state index >= 15 is 0 Å². The lowest BCUT2D eigenvalue weighted by Gasteiger charge is -1.96. The number of hydrogen-bond donors (Lipinski definition) is 0. The predicted molar refractivity (Wildman–Crippen MR) is 93.0 cm³/mol. The summed E-state index contributed by atoms with van der Waals surface area (Å²) in [7, 11) is 0. The third kappa shape index (κ3) is 2.45. The molecule has 25 heavy (non-hydrogen) atoms. The fraction of sp³-hybridized carbons (Fsp3) is 0.333. The molecule has 0 aromatic carbocycles. The number of hydrogen-bond acceptors (Lipinski definition) is 7. The highest BCUT2D eigenvalue weighted by Crippen LogP contribution is 2.32. The van der Waals surface area contributed by atoms with E-state index in [0.29, 0.717) is 11.5 Å². The molecule has 0 amide bonds. The molecule has 0 spiro atoms.